The van der Waals surface area contributed by atoms with Crippen LogP contribution < -0.4 is 10.5 Å². The van der Waals surface area contributed by atoms with Crippen LogP contribution in [0.4, 0.5) is 5.69 Å². The van der Waals surface area contributed by atoms with Crippen molar-refractivity contribution in [2.24, 2.45) is 5.73 Å². The summed E-state index contributed by atoms with van der Waals surface area (Å²) in [5.74, 6) is 0.509. The summed E-state index contributed by atoms with van der Waals surface area (Å²) in [6.45, 7) is 0. The first-order valence-corrected chi connectivity index (χ1v) is 6.59. The van der Waals surface area contributed by atoms with Gasteiger partial charge in [0.15, 0.2) is 0 Å². The van der Waals surface area contributed by atoms with Gasteiger partial charge in [-0.1, -0.05) is 0 Å². The van der Waals surface area contributed by atoms with Crippen LogP contribution in [0.15, 0.2) is 30.5 Å². The average molecular weight is 289 g/mol. The first-order chi connectivity index (χ1) is 10.1. The van der Waals surface area contributed by atoms with Crippen LogP contribution in [0.5, 0.6) is 5.75 Å². The van der Waals surface area contributed by atoms with Crippen LogP contribution in [0.25, 0.3) is 10.9 Å². The molecular formula is C14H15N3O4. The zero-order chi connectivity index (χ0) is 15.0. The summed E-state index contributed by atoms with van der Waals surface area (Å²) in [7, 11) is 1.59. The van der Waals surface area contributed by atoms with Gasteiger partial charge in [-0.25, -0.2) is 0 Å². The van der Waals surface area contributed by atoms with E-state index >= 15 is 0 Å². The van der Waals surface area contributed by atoms with Gasteiger partial charge in [0, 0.05) is 31.8 Å². The first kappa shape index (κ1) is 13.7. The Labute approximate surface area is 120 Å². The molecule has 3 atom stereocenters. The quantitative estimate of drug-likeness (QED) is 0.678. The molecule has 1 aliphatic rings. The highest BCUT2D eigenvalue weighted by Gasteiger charge is 2.41. The Morgan fingerprint density at radius 1 is 1.43 bits per heavy atom. The summed E-state index contributed by atoms with van der Waals surface area (Å²) in [5, 5.41) is 11.5. The molecule has 3 unspecified atom stereocenters. The van der Waals surface area contributed by atoms with Crippen molar-refractivity contribution in [3.05, 3.63) is 40.6 Å². The standard InChI is InChI=1S/C14H15N3O4/c1-20-14-9(15)7-12(14)21-11-5-4-10(17(18)19)8-3-2-6-16-13(8)11/h2-6,9,12,14H,7,15H2,1H3. The van der Waals surface area contributed by atoms with E-state index in [1.54, 1.807) is 31.5 Å². The van der Waals surface area contributed by atoms with E-state index in [1.807, 2.05) is 0 Å². The Balaban J connectivity index is 1.97. The van der Waals surface area contributed by atoms with Gasteiger partial charge in [-0.15, -0.1) is 0 Å². The molecule has 0 saturated heterocycles. The fraction of sp³-hybridized carbons (Fsp3) is 0.357. The Bertz CT molecular complexity index is 691. The van der Waals surface area contributed by atoms with E-state index in [1.165, 1.54) is 6.07 Å². The number of hydrogen-bond donors (Lipinski definition) is 1. The molecule has 0 aliphatic heterocycles. The maximum absolute atomic E-state index is 11.1. The van der Waals surface area contributed by atoms with Crippen molar-refractivity contribution in [1.29, 1.82) is 0 Å². The van der Waals surface area contributed by atoms with Crippen molar-refractivity contribution in [3.63, 3.8) is 0 Å². The molecule has 1 aromatic carbocycles. The Kier molecular flexibility index (Phi) is 3.44. The van der Waals surface area contributed by atoms with Crippen molar-refractivity contribution in [2.75, 3.05) is 7.11 Å². The molecule has 1 fully saturated rings. The van der Waals surface area contributed by atoms with Gasteiger partial charge in [-0.2, -0.15) is 0 Å². The zero-order valence-corrected chi connectivity index (χ0v) is 11.4. The molecule has 0 radical (unpaired) electrons. The van der Waals surface area contributed by atoms with Crippen molar-refractivity contribution < 1.29 is 14.4 Å². The minimum absolute atomic E-state index is 0.0130. The third-order valence-electron chi connectivity index (χ3n) is 3.75. The SMILES string of the molecule is COC1C(N)CC1Oc1ccc([N+](=O)[O-])c2cccnc12. The Morgan fingerprint density at radius 2 is 2.24 bits per heavy atom. The Morgan fingerprint density at radius 3 is 2.90 bits per heavy atom. The second kappa shape index (κ2) is 5.27. The summed E-state index contributed by atoms with van der Waals surface area (Å²) in [5.41, 5.74) is 6.33. The van der Waals surface area contributed by atoms with E-state index in [0.717, 1.165) is 0 Å². The number of nitrogens with zero attached hydrogens (tertiary/aromatic N) is 2. The number of fused-ring (bicyclic) bond motifs is 1. The number of rotatable bonds is 4. The highest BCUT2D eigenvalue weighted by Crippen LogP contribution is 2.34. The van der Waals surface area contributed by atoms with Crippen molar-refractivity contribution in [2.45, 2.75) is 24.7 Å². The lowest BCUT2D eigenvalue weighted by atomic mass is 9.86. The number of benzene rings is 1. The van der Waals surface area contributed by atoms with Gasteiger partial charge in [0.25, 0.3) is 5.69 Å². The smallest absolute Gasteiger partial charge is 0.279 e. The van der Waals surface area contributed by atoms with Crippen molar-refractivity contribution in [3.8, 4) is 5.75 Å². The molecule has 1 aliphatic carbocycles. The van der Waals surface area contributed by atoms with Crippen molar-refractivity contribution >= 4 is 16.6 Å². The second-order valence-corrected chi connectivity index (χ2v) is 5.00. The molecule has 3 rings (SSSR count). The maximum atomic E-state index is 11.1. The van der Waals surface area contributed by atoms with Gasteiger partial charge < -0.3 is 15.2 Å². The molecule has 7 nitrogen and oxygen atoms in total. The summed E-state index contributed by atoms with van der Waals surface area (Å²) >= 11 is 0. The average Bonchev–Trinajstić information content (AvgIpc) is 2.46. The van der Waals surface area contributed by atoms with E-state index in [9.17, 15) is 10.1 Å². The summed E-state index contributed by atoms with van der Waals surface area (Å²) in [4.78, 5) is 14.8. The number of nitro groups is 1. The maximum Gasteiger partial charge on any atom is 0.279 e. The predicted octanol–water partition coefficient (Wildman–Crippen LogP) is 1.64. The number of hydrogen-bond acceptors (Lipinski definition) is 6. The minimum atomic E-state index is -0.426. The molecule has 7 heteroatoms. The molecule has 0 amide bonds. The molecule has 110 valence electrons. The van der Waals surface area contributed by atoms with E-state index in [4.69, 9.17) is 15.2 Å². The lowest BCUT2D eigenvalue weighted by Gasteiger charge is -2.41. The molecule has 2 N–H and O–H groups in total. The Hall–Kier alpha value is -2.25. The highest BCUT2D eigenvalue weighted by molar-refractivity contribution is 5.92. The zero-order valence-electron chi connectivity index (χ0n) is 11.4. The van der Waals surface area contributed by atoms with Crippen molar-refractivity contribution in [1.82, 2.24) is 4.98 Å². The van der Waals surface area contributed by atoms with E-state index in [-0.39, 0.29) is 23.9 Å². The molecule has 1 heterocycles. The predicted molar refractivity (Wildman–Crippen MR) is 76.2 cm³/mol. The van der Waals surface area contributed by atoms with Gasteiger partial charge in [-0.3, -0.25) is 15.1 Å². The van der Waals surface area contributed by atoms with Crippen LogP contribution in [0.3, 0.4) is 0 Å². The molecule has 21 heavy (non-hydrogen) atoms. The lowest BCUT2D eigenvalue weighted by molar-refractivity contribution is -0.383. The van der Waals surface area contributed by atoms with Gasteiger partial charge in [0.1, 0.15) is 23.5 Å². The summed E-state index contributed by atoms with van der Waals surface area (Å²) in [6, 6.07) is 6.28. The van der Waals surface area contributed by atoms with Gasteiger partial charge >= 0.3 is 0 Å². The number of aromatic nitrogens is 1. The number of methoxy groups -OCH3 is 1. The van der Waals surface area contributed by atoms with Gasteiger partial charge in [-0.05, 0) is 18.2 Å². The number of nitrogens with two attached hydrogens (primary N) is 1. The number of pyridine rings is 1. The molecule has 1 saturated carbocycles. The van der Waals surface area contributed by atoms with Crippen LogP contribution in [0.2, 0.25) is 0 Å². The third kappa shape index (κ3) is 2.30. The molecule has 0 bridgehead atoms. The number of ether oxygens (including phenoxy) is 2. The first-order valence-electron chi connectivity index (χ1n) is 6.59. The van der Waals surface area contributed by atoms with Gasteiger partial charge in [0.05, 0.1) is 10.3 Å². The third-order valence-corrected chi connectivity index (χ3v) is 3.75. The van der Waals surface area contributed by atoms with E-state index in [2.05, 4.69) is 4.98 Å². The normalized spacial score (nSPS) is 24.6. The topological polar surface area (TPSA) is 101 Å². The largest absolute Gasteiger partial charge is 0.485 e. The number of nitro benzene ring substituents is 1. The lowest BCUT2D eigenvalue weighted by Crippen LogP contribution is -2.59. The number of non-ortho nitro benzene ring substituents is 1. The van der Waals surface area contributed by atoms with E-state index in [0.29, 0.717) is 23.1 Å². The van der Waals surface area contributed by atoms with Crippen LogP contribution in [0.1, 0.15) is 6.42 Å². The molecule has 1 aromatic heterocycles. The van der Waals surface area contributed by atoms with Crippen LogP contribution in [-0.2, 0) is 4.74 Å². The van der Waals surface area contributed by atoms with Crippen LogP contribution >= 0.6 is 0 Å². The molecular weight excluding hydrogens is 274 g/mol. The van der Waals surface area contributed by atoms with Gasteiger partial charge in [0.2, 0.25) is 0 Å². The molecule has 0 spiro atoms. The van der Waals surface area contributed by atoms with Crippen LogP contribution in [-0.4, -0.2) is 35.3 Å². The highest BCUT2D eigenvalue weighted by atomic mass is 16.6. The molecule has 2 aromatic rings. The minimum Gasteiger partial charge on any atom is -0.485 e. The summed E-state index contributed by atoms with van der Waals surface area (Å²) < 4.78 is 11.2. The van der Waals surface area contributed by atoms with Crippen LogP contribution in [0, 0.1) is 10.1 Å². The summed E-state index contributed by atoms with van der Waals surface area (Å²) in [6.07, 6.45) is 1.94. The fourth-order valence-corrected chi connectivity index (χ4v) is 2.61. The monoisotopic (exact) mass is 289 g/mol. The fourth-order valence-electron chi connectivity index (χ4n) is 2.61. The second-order valence-electron chi connectivity index (χ2n) is 5.00. The van der Waals surface area contributed by atoms with E-state index < -0.39 is 4.92 Å².